The minimum Gasteiger partial charge on any atom is -0.456 e. The van der Waals surface area contributed by atoms with E-state index in [-0.39, 0.29) is 18.3 Å². The molecule has 0 aliphatic carbocycles. The van der Waals surface area contributed by atoms with Gasteiger partial charge in [-0.2, -0.15) is 0 Å². The van der Waals surface area contributed by atoms with E-state index in [4.69, 9.17) is 9.47 Å². The minimum atomic E-state index is -0.886. The van der Waals surface area contributed by atoms with Gasteiger partial charge in [0.1, 0.15) is 11.6 Å². The van der Waals surface area contributed by atoms with Crippen molar-refractivity contribution in [3.05, 3.63) is 35.9 Å². The molecule has 132 valence electrons. The van der Waals surface area contributed by atoms with Crippen LogP contribution in [-0.2, 0) is 14.3 Å². The van der Waals surface area contributed by atoms with Crippen LogP contribution >= 0.6 is 0 Å². The molecule has 0 fully saturated rings. The molecule has 0 spiro atoms. The van der Waals surface area contributed by atoms with Gasteiger partial charge in [0.05, 0.1) is 0 Å². The molecule has 1 aromatic rings. The summed E-state index contributed by atoms with van der Waals surface area (Å²) in [5, 5.41) is 2.49. The Morgan fingerprint density at radius 1 is 1.08 bits per heavy atom. The molecular weight excluding hydrogens is 310 g/mol. The van der Waals surface area contributed by atoms with Crippen molar-refractivity contribution >= 4 is 17.8 Å². The number of nitrogens with one attached hydrogen (secondary N) is 1. The lowest BCUT2D eigenvalue weighted by molar-refractivity contribution is -0.146. The molecule has 1 N–H and O–H groups in total. The Bertz CT molecular complexity index is 575. The maximum atomic E-state index is 12.2. The fourth-order valence-electron chi connectivity index (χ4n) is 1.87. The highest BCUT2D eigenvalue weighted by atomic mass is 16.6. The molecule has 0 aliphatic rings. The summed E-state index contributed by atoms with van der Waals surface area (Å²) >= 11 is 0. The summed E-state index contributed by atoms with van der Waals surface area (Å²) < 4.78 is 10.2. The largest absolute Gasteiger partial charge is 0.456 e. The average molecular weight is 335 g/mol. The summed E-state index contributed by atoms with van der Waals surface area (Å²) in [6, 6.07) is 7.67. The van der Waals surface area contributed by atoms with Gasteiger partial charge in [0, 0.05) is 5.56 Å². The van der Waals surface area contributed by atoms with Crippen molar-refractivity contribution in [1.82, 2.24) is 5.32 Å². The zero-order chi connectivity index (χ0) is 18.3. The molecular formula is C18H25NO5. The van der Waals surface area contributed by atoms with E-state index in [1.165, 1.54) is 0 Å². The highest BCUT2D eigenvalue weighted by molar-refractivity contribution is 5.98. The van der Waals surface area contributed by atoms with Gasteiger partial charge in [0.15, 0.2) is 12.4 Å². The Kier molecular flexibility index (Phi) is 6.95. The standard InChI is InChI=1S/C18H25NO5/c1-12(2)15(19-17(22)24-18(3,4)5)16(21)23-11-14(20)13-9-7-6-8-10-13/h6-10,12,15H,11H2,1-5H3,(H,19,22)/t15-/m0/s1. The molecule has 0 heterocycles. The van der Waals surface area contributed by atoms with Crippen LogP contribution in [0, 0.1) is 5.92 Å². The van der Waals surface area contributed by atoms with Gasteiger partial charge in [0.25, 0.3) is 0 Å². The van der Waals surface area contributed by atoms with Gasteiger partial charge in [-0.05, 0) is 26.7 Å². The smallest absolute Gasteiger partial charge is 0.408 e. The van der Waals surface area contributed by atoms with Gasteiger partial charge in [-0.3, -0.25) is 4.79 Å². The Morgan fingerprint density at radius 2 is 1.67 bits per heavy atom. The van der Waals surface area contributed by atoms with E-state index in [0.717, 1.165) is 0 Å². The number of alkyl carbamates (subject to hydrolysis) is 1. The van der Waals surface area contributed by atoms with Crippen molar-refractivity contribution in [2.24, 2.45) is 5.92 Å². The van der Waals surface area contributed by atoms with E-state index < -0.39 is 23.7 Å². The number of benzene rings is 1. The molecule has 0 saturated carbocycles. The van der Waals surface area contributed by atoms with Crippen LogP contribution in [0.4, 0.5) is 4.79 Å². The van der Waals surface area contributed by atoms with Crippen LogP contribution in [0.2, 0.25) is 0 Å². The quantitative estimate of drug-likeness (QED) is 0.638. The van der Waals surface area contributed by atoms with Crippen molar-refractivity contribution in [3.8, 4) is 0 Å². The van der Waals surface area contributed by atoms with Crippen molar-refractivity contribution in [3.63, 3.8) is 0 Å². The van der Waals surface area contributed by atoms with Crippen LogP contribution in [0.1, 0.15) is 45.0 Å². The maximum Gasteiger partial charge on any atom is 0.408 e. The number of ether oxygens (including phenoxy) is 2. The predicted octanol–water partition coefficient (Wildman–Crippen LogP) is 2.96. The van der Waals surface area contributed by atoms with E-state index in [2.05, 4.69) is 5.32 Å². The Hall–Kier alpha value is -2.37. The maximum absolute atomic E-state index is 12.2. The number of hydrogen-bond donors (Lipinski definition) is 1. The summed E-state index contributed by atoms with van der Waals surface area (Å²) in [4.78, 5) is 36.0. The number of esters is 1. The van der Waals surface area contributed by atoms with Crippen LogP contribution in [0.5, 0.6) is 0 Å². The number of Topliss-reactive ketones (excluding diaryl/α,β-unsaturated/α-hetero) is 1. The predicted molar refractivity (Wildman–Crippen MR) is 89.7 cm³/mol. The Balaban J connectivity index is 2.61. The summed E-state index contributed by atoms with van der Waals surface area (Å²) in [6.07, 6.45) is -0.701. The van der Waals surface area contributed by atoms with E-state index >= 15 is 0 Å². The zero-order valence-corrected chi connectivity index (χ0v) is 14.8. The highest BCUT2D eigenvalue weighted by Crippen LogP contribution is 2.10. The number of ketones is 1. The first-order valence-corrected chi connectivity index (χ1v) is 7.84. The molecule has 1 aromatic carbocycles. The van der Waals surface area contributed by atoms with Gasteiger partial charge >= 0.3 is 12.1 Å². The lowest BCUT2D eigenvalue weighted by atomic mass is 10.1. The molecule has 0 radical (unpaired) electrons. The number of carbonyl (C=O) groups excluding carboxylic acids is 3. The zero-order valence-electron chi connectivity index (χ0n) is 14.8. The molecule has 1 atom stereocenters. The summed E-state index contributed by atoms with van der Waals surface area (Å²) in [6.45, 7) is 8.35. The fraction of sp³-hybridized carbons (Fsp3) is 0.500. The van der Waals surface area contributed by atoms with Crippen molar-refractivity contribution in [1.29, 1.82) is 0 Å². The van der Waals surface area contributed by atoms with Crippen LogP contribution in [0.15, 0.2) is 30.3 Å². The average Bonchev–Trinajstić information content (AvgIpc) is 2.48. The monoisotopic (exact) mass is 335 g/mol. The van der Waals surface area contributed by atoms with Crippen LogP contribution in [0.3, 0.4) is 0 Å². The number of amides is 1. The van der Waals surface area contributed by atoms with Crippen LogP contribution in [0.25, 0.3) is 0 Å². The minimum absolute atomic E-state index is 0.211. The second kappa shape index (κ2) is 8.47. The molecule has 0 aliphatic heterocycles. The Labute approximate surface area is 142 Å². The van der Waals surface area contributed by atoms with E-state index in [1.54, 1.807) is 65.0 Å². The molecule has 6 heteroatoms. The summed E-state index contributed by atoms with van der Waals surface area (Å²) in [7, 11) is 0. The van der Waals surface area contributed by atoms with Crippen LogP contribution in [-0.4, -0.2) is 36.1 Å². The van der Waals surface area contributed by atoms with Gasteiger partial charge in [-0.15, -0.1) is 0 Å². The fourth-order valence-corrected chi connectivity index (χ4v) is 1.87. The number of rotatable bonds is 6. The van der Waals surface area contributed by atoms with Gasteiger partial charge in [0.2, 0.25) is 0 Å². The first-order chi connectivity index (χ1) is 11.1. The first-order valence-electron chi connectivity index (χ1n) is 7.84. The van der Waals surface area contributed by atoms with Gasteiger partial charge in [-0.25, -0.2) is 9.59 Å². The third-order valence-corrected chi connectivity index (χ3v) is 3.03. The number of hydrogen-bond acceptors (Lipinski definition) is 5. The second-order valence-electron chi connectivity index (χ2n) is 6.76. The molecule has 0 saturated heterocycles. The molecule has 0 unspecified atom stereocenters. The van der Waals surface area contributed by atoms with Crippen molar-refractivity contribution < 1.29 is 23.9 Å². The number of carbonyl (C=O) groups is 3. The molecule has 1 rings (SSSR count). The first kappa shape index (κ1) is 19.7. The molecule has 1 amide bonds. The van der Waals surface area contributed by atoms with E-state index in [9.17, 15) is 14.4 Å². The van der Waals surface area contributed by atoms with Crippen molar-refractivity contribution in [2.75, 3.05) is 6.61 Å². The normalized spacial score (nSPS) is 12.4. The summed E-state index contributed by atoms with van der Waals surface area (Å²) in [5.41, 5.74) is -0.204. The topological polar surface area (TPSA) is 81.7 Å². The lowest BCUT2D eigenvalue weighted by Crippen LogP contribution is -2.47. The third-order valence-electron chi connectivity index (χ3n) is 3.03. The lowest BCUT2D eigenvalue weighted by Gasteiger charge is -2.24. The van der Waals surface area contributed by atoms with E-state index in [0.29, 0.717) is 5.56 Å². The molecule has 6 nitrogen and oxygen atoms in total. The molecule has 0 bridgehead atoms. The second-order valence-corrected chi connectivity index (χ2v) is 6.76. The van der Waals surface area contributed by atoms with E-state index in [1.807, 2.05) is 0 Å². The van der Waals surface area contributed by atoms with Crippen LogP contribution < -0.4 is 5.32 Å². The Morgan fingerprint density at radius 3 is 2.17 bits per heavy atom. The van der Waals surface area contributed by atoms with Gasteiger partial charge in [-0.1, -0.05) is 44.2 Å². The van der Waals surface area contributed by atoms with Crippen molar-refractivity contribution in [2.45, 2.75) is 46.3 Å². The highest BCUT2D eigenvalue weighted by Gasteiger charge is 2.28. The SMILES string of the molecule is CC(C)[C@H](NC(=O)OC(C)(C)C)C(=O)OCC(=O)c1ccccc1. The molecule has 0 aromatic heterocycles. The molecule has 24 heavy (non-hydrogen) atoms. The summed E-state index contributed by atoms with van der Waals surface area (Å²) in [5.74, 6) is -1.18. The van der Waals surface area contributed by atoms with Gasteiger partial charge < -0.3 is 14.8 Å². The third kappa shape index (κ3) is 6.81.